The smallest absolute Gasteiger partial charge is 0.122 e. The zero-order valence-corrected chi connectivity index (χ0v) is 13.3. The zero-order chi connectivity index (χ0) is 15.2. The predicted octanol–water partition coefficient (Wildman–Crippen LogP) is 3.78. The van der Waals surface area contributed by atoms with E-state index in [0.29, 0.717) is 12.5 Å². The maximum absolute atomic E-state index is 9.10. The molecule has 0 radical (unpaired) electrons. The molecule has 0 bridgehead atoms. The van der Waals surface area contributed by atoms with E-state index in [1.54, 1.807) is 0 Å². The van der Waals surface area contributed by atoms with Crippen molar-refractivity contribution in [2.45, 2.75) is 52.0 Å². The van der Waals surface area contributed by atoms with Gasteiger partial charge >= 0.3 is 0 Å². The Kier molecular flexibility index (Phi) is 6.04. The number of benzene rings is 1. The molecule has 0 aromatic heterocycles. The molecule has 1 aromatic carbocycles. The van der Waals surface area contributed by atoms with Gasteiger partial charge in [-0.25, -0.2) is 0 Å². The topological polar surface area (TPSA) is 45.0 Å². The van der Waals surface area contributed by atoms with Gasteiger partial charge in [0.25, 0.3) is 0 Å². The van der Waals surface area contributed by atoms with Crippen molar-refractivity contribution in [3.8, 4) is 11.8 Å². The molecule has 1 atom stereocenters. The highest BCUT2D eigenvalue weighted by Gasteiger charge is 2.20. The van der Waals surface area contributed by atoms with Crippen molar-refractivity contribution in [2.75, 3.05) is 13.7 Å². The van der Waals surface area contributed by atoms with Gasteiger partial charge in [0.2, 0.25) is 0 Å². The molecule has 20 heavy (non-hydrogen) atoms. The van der Waals surface area contributed by atoms with Crippen LogP contribution in [0.4, 0.5) is 0 Å². The third kappa shape index (κ3) is 4.54. The number of ether oxygens (including phenoxy) is 1. The summed E-state index contributed by atoms with van der Waals surface area (Å²) in [6.45, 7) is 8.97. The lowest BCUT2D eigenvalue weighted by atomic mass is 9.98. The molecule has 1 N–H and O–H groups in total. The molecular weight excluding hydrogens is 248 g/mol. The van der Waals surface area contributed by atoms with Gasteiger partial charge in [0.05, 0.1) is 12.7 Å². The summed E-state index contributed by atoms with van der Waals surface area (Å²) in [6.07, 6.45) is 1.64. The number of aryl methyl sites for hydroxylation is 1. The van der Waals surface area contributed by atoms with Gasteiger partial charge in [-0.2, -0.15) is 5.26 Å². The quantitative estimate of drug-likeness (QED) is 0.770. The van der Waals surface area contributed by atoms with Gasteiger partial charge in [-0.1, -0.05) is 26.0 Å². The molecule has 0 fully saturated rings. The maximum Gasteiger partial charge on any atom is 0.122 e. The van der Waals surface area contributed by atoms with E-state index in [0.717, 1.165) is 18.6 Å². The lowest BCUT2D eigenvalue weighted by molar-refractivity contribution is 0.285. The average Bonchev–Trinajstić information content (AvgIpc) is 2.43. The van der Waals surface area contributed by atoms with Crippen LogP contribution in [0.2, 0.25) is 0 Å². The molecule has 0 spiro atoms. The number of hydrogen-bond donors (Lipinski definition) is 1. The third-order valence-corrected chi connectivity index (χ3v) is 3.67. The number of rotatable bonds is 7. The zero-order valence-electron chi connectivity index (χ0n) is 13.3. The third-order valence-electron chi connectivity index (χ3n) is 3.67. The van der Waals surface area contributed by atoms with E-state index >= 15 is 0 Å². The van der Waals surface area contributed by atoms with Crippen molar-refractivity contribution < 1.29 is 4.74 Å². The first-order valence-electron chi connectivity index (χ1n) is 7.25. The van der Waals surface area contributed by atoms with E-state index in [2.05, 4.69) is 50.4 Å². The maximum atomic E-state index is 9.10. The van der Waals surface area contributed by atoms with Crippen LogP contribution in [0.3, 0.4) is 0 Å². The molecule has 0 aliphatic carbocycles. The molecule has 0 amide bonds. The van der Waals surface area contributed by atoms with Gasteiger partial charge in [-0.05, 0) is 56.8 Å². The molecule has 1 unspecified atom stereocenters. The average molecular weight is 274 g/mol. The van der Waals surface area contributed by atoms with E-state index in [-0.39, 0.29) is 0 Å². The van der Waals surface area contributed by atoms with Crippen LogP contribution in [-0.4, -0.2) is 19.2 Å². The summed E-state index contributed by atoms with van der Waals surface area (Å²) >= 11 is 0. The largest absolute Gasteiger partial charge is 0.493 e. The minimum atomic E-state index is -0.461. The summed E-state index contributed by atoms with van der Waals surface area (Å²) in [7, 11) is 1.82. The van der Waals surface area contributed by atoms with Crippen molar-refractivity contribution >= 4 is 0 Å². The molecule has 0 saturated heterocycles. The van der Waals surface area contributed by atoms with Crippen LogP contribution in [-0.2, 0) is 0 Å². The van der Waals surface area contributed by atoms with Crippen LogP contribution < -0.4 is 10.1 Å². The van der Waals surface area contributed by atoms with Gasteiger partial charge in [0, 0.05) is 0 Å². The summed E-state index contributed by atoms with van der Waals surface area (Å²) in [5, 5.41) is 12.2. The highest BCUT2D eigenvalue weighted by molar-refractivity contribution is 5.39. The molecule has 0 aliphatic rings. The number of nitrogens with zero attached hydrogens (tertiary/aromatic N) is 1. The van der Waals surface area contributed by atoms with Gasteiger partial charge in [0.1, 0.15) is 11.3 Å². The molecule has 0 aliphatic heterocycles. The van der Waals surface area contributed by atoms with Crippen LogP contribution >= 0.6 is 0 Å². The van der Waals surface area contributed by atoms with Crippen molar-refractivity contribution in [1.82, 2.24) is 5.32 Å². The fourth-order valence-electron chi connectivity index (χ4n) is 2.09. The first-order chi connectivity index (χ1) is 9.41. The van der Waals surface area contributed by atoms with Gasteiger partial charge in [-0.3, -0.25) is 0 Å². The predicted molar refractivity (Wildman–Crippen MR) is 83.1 cm³/mol. The molecule has 110 valence electrons. The summed E-state index contributed by atoms with van der Waals surface area (Å²) in [5.41, 5.74) is 1.99. The summed E-state index contributed by atoms with van der Waals surface area (Å²) in [5.74, 6) is 1.43. The Labute approximate surface area is 123 Å². The Morgan fingerprint density at radius 3 is 2.65 bits per heavy atom. The highest BCUT2D eigenvalue weighted by Crippen LogP contribution is 2.27. The van der Waals surface area contributed by atoms with E-state index < -0.39 is 5.54 Å². The Hall–Kier alpha value is -1.53. The molecule has 3 heteroatoms. The standard InChI is InChI=1S/C17H26N2O/c1-13(2)15-8-7-14(3)11-16(15)20-10-6-9-17(4,12-18)19-5/h7-8,11,13,19H,6,9-10H2,1-5H3. The molecule has 0 saturated carbocycles. The number of hydrogen-bond acceptors (Lipinski definition) is 3. The SMILES string of the molecule is CNC(C)(C#N)CCCOc1cc(C)ccc1C(C)C. The molecule has 3 nitrogen and oxygen atoms in total. The second-order valence-electron chi connectivity index (χ2n) is 5.84. The second-order valence-corrected chi connectivity index (χ2v) is 5.84. The summed E-state index contributed by atoms with van der Waals surface area (Å²) in [6, 6.07) is 8.66. The van der Waals surface area contributed by atoms with Crippen LogP contribution in [0, 0.1) is 18.3 Å². The molecular formula is C17H26N2O. The second kappa shape index (κ2) is 7.31. The Morgan fingerprint density at radius 1 is 1.40 bits per heavy atom. The van der Waals surface area contributed by atoms with Gasteiger partial charge < -0.3 is 10.1 Å². The minimum absolute atomic E-state index is 0.451. The van der Waals surface area contributed by atoms with Crippen molar-refractivity contribution in [2.24, 2.45) is 0 Å². The van der Waals surface area contributed by atoms with Gasteiger partial charge in [0.15, 0.2) is 0 Å². The first kappa shape index (κ1) is 16.5. The Morgan fingerprint density at radius 2 is 2.10 bits per heavy atom. The van der Waals surface area contributed by atoms with E-state index in [1.807, 2.05) is 14.0 Å². The minimum Gasteiger partial charge on any atom is -0.493 e. The van der Waals surface area contributed by atoms with Crippen LogP contribution in [0.1, 0.15) is 50.7 Å². The van der Waals surface area contributed by atoms with Gasteiger partial charge in [-0.15, -0.1) is 0 Å². The number of nitrogens with one attached hydrogen (secondary N) is 1. The Balaban J connectivity index is 2.58. The van der Waals surface area contributed by atoms with Crippen LogP contribution in [0.15, 0.2) is 18.2 Å². The normalized spacial score (nSPS) is 13.8. The van der Waals surface area contributed by atoms with Crippen molar-refractivity contribution in [3.05, 3.63) is 29.3 Å². The molecule has 1 aromatic rings. The highest BCUT2D eigenvalue weighted by atomic mass is 16.5. The van der Waals surface area contributed by atoms with E-state index in [1.165, 1.54) is 11.1 Å². The first-order valence-corrected chi connectivity index (χ1v) is 7.25. The monoisotopic (exact) mass is 274 g/mol. The number of nitriles is 1. The molecule has 1 rings (SSSR count). The lowest BCUT2D eigenvalue weighted by Gasteiger charge is -2.21. The summed E-state index contributed by atoms with van der Waals surface area (Å²) < 4.78 is 5.93. The molecule has 0 heterocycles. The lowest BCUT2D eigenvalue weighted by Crippen LogP contribution is -2.38. The Bertz CT molecular complexity index is 476. The fourth-order valence-corrected chi connectivity index (χ4v) is 2.09. The van der Waals surface area contributed by atoms with Crippen LogP contribution in [0.25, 0.3) is 0 Å². The van der Waals surface area contributed by atoms with Crippen LogP contribution in [0.5, 0.6) is 5.75 Å². The fraction of sp³-hybridized carbons (Fsp3) is 0.588. The van der Waals surface area contributed by atoms with E-state index in [4.69, 9.17) is 10.00 Å². The van der Waals surface area contributed by atoms with Crippen molar-refractivity contribution in [1.29, 1.82) is 5.26 Å². The summed E-state index contributed by atoms with van der Waals surface area (Å²) in [4.78, 5) is 0. The van der Waals surface area contributed by atoms with Crippen molar-refractivity contribution in [3.63, 3.8) is 0 Å². The van der Waals surface area contributed by atoms with E-state index in [9.17, 15) is 0 Å².